The lowest BCUT2D eigenvalue weighted by molar-refractivity contribution is -0.132. The smallest absolute Gasteiger partial charge is 0.350 e. The monoisotopic (exact) mass is 534 g/mol. The fourth-order valence-electron chi connectivity index (χ4n) is 4.57. The number of rotatable bonds is 5. The van der Waals surface area contributed by atoms with Crippen molar-refractivity contribution < 1.29 is 28.6 Å². The zero-order valence-corrected chi connectivity index (χ0v) is 21.8. The number of carbonyl (C=O) groups is 3. The summed E-state index contributed by atoms with van der Waals surface area (Å²) < 4.78 is 22.0. The lowest BCUT2D eigenvalue weighted by Crippen LogP contribution is -2.29. The molecule has 194 valence electrons. The summed E-state index contributed by atoms with van der Waals surface area (Å²) in [5.41, 5.74) is 1.99. The second-order valence-electron chi connectivity index (χ2n) is 8.75. The van der Waals surface area contributed by atoms with E-state index in [-0.39, 0.29) is 33.4 Å². The molecule has 0 radical (unpaired) electrons. The molecule has 1 amide bonds. The number of Topliss-reactive ketones (excluding diaryl/α,β-unsaturated/α-hetero) is 1. The largest absolute Gasteiger partial charge is 0.505 e. The number of aromatic nitrogens is 3. The van der Waals surface area contributed by atoms with Crippen molar-refractivity contribution in [2.45, 2.75) is 33.7 Å². The van der Waals surface area contributed by atoms with Crippen molar-refractivity contribution in [2.75, 3.05) is 11.5 Å². The van der Waals surface area contributed by atoms with Crippen molar-refractivity contribution in [2.24, 2.45) is 0 Å². The van der Waals surface area contributed by atoms with Crippen LogP contribution in [0.25, 0.3) is 11.4 Å². The molecular weight excluding hydrogens is 511 g/mol. The molecule has 1 unspecified atom stereocenters. The highest BCUT2D eigenvalue weighted by Gasteiger charge is 2.49. The molecule has 11 heteroatoms. The van der Waals surface area contributed by atoms with Crippen LogP contribution in [0.2, 0.25) is 0 Å². The first kappa shape index (κ1) is 25.3. The Balaban J connectivity index is 1.75. The molecular formula is C27H23FN4O5S. The van der Waals surface area contributed by atoms with Gasteiger partial charge in [0.25, 0.3) is 5.78 Å². The van der Waals surface area contributed by atoms with Crippen molar-refractivity contribution >= 4 is 45.5 Å². The second kappa shape index (κ2) is 9.49. The van der Waals surface area contributed by atoms with Crippen LogP contribution in [-0.2, 0) is 14.3 Å². The molecule has 38 heavy (non-hydrogen) atoms. The van der Waals surface area contributed by atoms with E-state index in [0.717, 1.165) is 21.8 Å². The summed E-state index contributed by atoms with van der Waals surface area (Å²) in [5, 5.41) is 11.5. The minimum atomic E-state index is -1.35. The van der Waals surface area contributed by atoms with E-state index in [1.807, 2.05) is 19.1 Å². The Hall–Kier alpha value is -4.38. The number of benzene rings is 1. The van der Waals surface area contributed by atoms with E-state index in [1.165, 1.54) is 18.2 Å². The Bertz CT molecular complexity index is 1670. The third-order valence-corrected chi connectivity index (χ3v) is 7.54. The van der Waals surface area contributed by atoms with E-state index < -0.39 is 35.3 Å². The molecule has 0 saturated carbocycles. The number of pyridine rings is 1. The number of nitrogens with zero attached hydrogens (tertiary/aromatic N) is 4. The van der Waals surface area contributed by atoms with Crippen LogP contribution in [0.1, 0.15) is 50.8 Å². The molecule has 1 atom stereocenters. The fourth-order valence-corrected chi connectivity index (χ4v) is 5.55. The highest BCUT2D eigenvalue weighted by atomic mass is 32.1. The number of hydrogen-bond acceptors (Lipinski definition) is 8. The highest BCUT2D eigenvalue weighted by molar-refractivity contribution is 7.17. The number of thiazole rings is 1. The van der Waals surface area contributed by atoms with E-state index in [1.54, 1.807) is 37.4 Å². The Morgan fingerprint density at radius 2 is 1.87 bits per heavy atom. The lowest BCUT2D eigenvalue weighted by atomic mass is 9.96. The van der Waals surface area contributed by atoms with Gasteiger partial charge in [0.1, 0.15) is 28.1 Å². The number of aryl methyl sites for hydroxylation is 3. The maximum absolute atomic E-state index is 15.2. The molecule has 1 aliphatic heterocycles. The third kappa shape index (κ3) is 3.86. The number of amides is 1. The first-order chi connectivity index (χ1) is 18.1. The van der Waals surface area contributed by atoms with Crippen LogP contribution in [0.5, 0.6) is 0 Å². The van der Waals surface area contributed by atoms with Gasteiger partial charge >= 0.3 is 11.9 Å². The Morgan fingerprint density at radius 3 is 2.55 bits per heavy atom. The lowest BCUT2D eigenvalue weighted by Gasteiger charge is -2.23. The van der Waals surface area contributed by atoms with Gasteiger partial charge in [0.2, 0.25) is 0 Å². The average Bonchev–Trinajstić information content (AvgIpc) is 3.52. The number of fused-ring (bicyclic) bond motifs is 1. The molecule has 1 saturated heterocycles. The first-order valence-electron chi connectivity index (χ1n) is 11.8. The predicted octanol–water partition coefficient (Wildman–Crippen LogP) is 4.66. The number of hydrogen-bond donors (Lipinski definition) is 1. The van der Waals surface area contributed by atoms with Crippen molar-refractivity contribution in [3.05, 3.63) is 87.1 Å². The molecule has 1 aliphatic rings. The van der Waals surface area contributed by atoms with Crippen LogP contribution in [0.4, 0.5) is 9.52 Å². The van der Waals surface area contributed by atoms with Crippen LogP contribution in [0.3, 0.4) is 0 Å². The number of halogens is 1. The molecule has 9 nitrogen and oxygen atoms in total. The highest BCUT2D eigenvalue weighted by Crippen LogP contribution is 2.44. The summed E-state index contributed by atoms with van der Waals surface area (Å²) in [4.78, 5) is 49.3. The van der Waals surface area contributed by atoms with Gasteiger partial charge in [-0.15, -0.1) is 0 Å². The van der Waals surface area contributed by atoms with E-state index in [4.69, 9.17) is 4.74 Å². The quantitative estimate of drug-likeness (QED) is 0.171. The molecule has 1 N–H and O–H groups in total. The van der Waals surface area contributed by atoms with Crippen molar-refractivity contribution in [3.63, 3.8) is 0 Å². The van der Waals surface area contributed by atoms with E-state index >= 15 is 4.39 Å². The molecule has 1 aromatic carbocycles. The molecule has 5 rings (SSSR count). The zero-order valence-electron chi connectivity index (χ0n) is 21.0. The van der Waals surface area contributed by atoms with Crippen LogP contribution >= 0.6 is 11.3 Å². The van der Waals surface area contributed by atoms with Gasteiger partial charge in [-0.2, -0.15) is 0 Å². The minimum absolute atomic E-state index is 0.00234. The minimum Gasteiger partial charge on any atom is -0.505 e. The van der Waals surface area contributed by atoms with E-state index in [2.05, 4.69) is 9.97 Å². The molecule has 1 fully saturated rings. The third-order valence-electron chi connectivity index (χ3n) is 6.40. The van der Waals surface area contributed by atoms with Crippen LogP contribution in [0, 0.1) is 26.6 Å². The Labute approximate surface area is 220 Å². The van der Waals surface area contributed by atoms with Crippen LogP contribution < -0.4 is 4.90 Å². The van der Waals surface area contributed by atoms with E-state index in [9.17, 15) is 19.5 Å². The van der Waals surface area contributed by atoms with Gasteiger partial charge in [0.15, 0.2) is 10.9 Å². The Morgan fingerprint density at radius 1 is 1.13 bits per heavy atom. The SMILES string of the molecule is CCOC(=O)c1sc(N2C(=O)C(=O)C(=C(O)c3nc4c(C)cccn4c3C)C2c2ccccc2F)nc1C. The summed E-state index contributed by atoms with van der Waals surface area (Å²) >= 11 is 0.854. The maximum Gasteiger partial charge on any atom is 0.350 e. The topological polar surface area (TPSA) is 114 Å². The van der Waals surface area contributed by atoms with Gasteiger partial charge < -0.3 is 14.2 Å². The normalized spacial score (nSPS) is 17.0. The number of imidazole rings is 1. The summed E-state index contributed by atoms with van der Waals surface area (Å²) in [6.45, 7) is 6.95. The van der Waals surface area contributed by atoms with Gasteiger partial charge in [0, 0.05) is 11.8 Å². The molecule has 0 bridgehead atoms. The van der Waals surface area contributed by atoms with Gasteiger partial charge in [-0.1, -0.05) is 35.6 Å². The van der Waals surface area contributed by atoms with Crippen molar-refractivity contribution in [3.8, 4) is 0 Å². The number of ketones is 1. The summed E-state index contributed by atoms with van der Waals surface area (Å²) in [6, 6.07) is 8.01. The van der Waals surface area contributed by atoms with Crippen LogP contribution in [-0.4, -0.2) is 43.7 Å². The summed E-state index contributed by atoms with van der Waals surface area (Å²) in [7, 11) is 0. The van der Waals surface area contributed by atoms with Crippen molar-refractivity contribution in [1.29, 1.82) is 0 Å². The molecule has 0 spiro atoms. The average molecular weight is 535 g/mol. The Kier molecular flexibility index (Phi) is 6.31. The summed E-state index contributed by atoms with van der Waals surface area (Å²) in [6.07, 6.45) is 1.77. The first-order valence-corrected chi connectivity index (χ1v) is 12.6. The molecule has 3 aromatic heterocycles. The number of carbonyl (C=O) groups excluding carboxylic acids is 3. The van der Waals surface area contributed by atoms with Gasteiger partial charge in [-0.05, 0) is 45.4 Å². The number of esters is 1. The van der Waals surface area contributed by atoms with E-state index in [0.29, 0.717) is 17.0 Å². The fraction of sp³-hybridized carbons (Fsp3) is 0.222. The number of aliphatic hydroxyl groups excluding tert-OH is 1. The standard InChI is InChI=1S/C27H23FN4O5S/c1-5-37-26(36)23-14(3)29-27(38-23)32-20(16-10-6-7-11-17(16)28)18(22(34)25(32)35)21(33)19-15(4)31-12-8-9-13(2)24(31)30-19/h6-12,20,33H,5H2,1-4H3. The zero-order chi connectivity index (χ0) is 27.3. The van der Waals surface area contributed by atoms with Crippen LogP contribution in [0.15, 0.2) is 48.2 Å². The molecule has 4 heterocycles. The molecule has 0 aliphatic carbocycles. The number of aliphatic hydroxyl groups is 1. The molecule has 4 aromatic rings. The van der Waals surface area contributed by atoms with Gasteiger partial charge in [0.05, 0.1) is 23.6 Å². The maximum atomic E-state index is 15.2. The van der Waals surface area contributed by atoms with Gasteiger partial charge in [-0.3, -0.25) is 14.5 Å². The summed E-state index contributed by atoms with van der Waals surface area (Å²) in [5.74, 6) is -3.87. The number of anilines is 1. The second-order valence-corrected chi connectivity index (χ2v) is 9.73. The predicted molar refractivity (Wildman–Crippen MR) is 139 cm³/mol. The van der Waals surface area contributed by atoms with Crippen molar-refractivity contribution in [1.82, 2.24) is 14.4 Å². The number of ether oxygens (including phenoxy) is 1. The van der Waals surface area contributed by atoms with Gasteiger partial charge in [-0.25, -0.2) is 19.2 Å².